The average Bonchev–Trinajstić information content (AvgIpc) is 2.70. The number of amides is 1. The number of Topliss-reactive ketones (excluding diaryl/α,β-unsaturated/α-hetero) is 1. The molecule has 1 N–H and O–H groups in total. The van der Waals surface area contributed by atoms with E-state index in [-0.39, 0.29) is 40.6 Å². The van der Waals surface area contributed by atoms with Crippen LogP contribution in [0.25, 0.3) is 0 Å². The monoisotopic (exact) mass is 438 g/mol. The van der Waals surface area contributed by atoms with E-state index in [1.54, 1.807) is 24.3 Å². The van der Waals surface area contributed by atoms with Gasteiger partial charge in [0.05, 0.1) is 9.92 Å². The van der Waals surface area contributed by atoms with Gasteiger partial charge in [-0.05, 0) is 50.1 Å². The van der Waals surface area contributed by atoms with Gasteiger partial charge < -0.3 is 5.32 Å². The van der Waals surface area contributed by atoms with E-state index in [1.165, 1.54) is 17.3 Å². The molecule has 2 aromatic rings. The lowest BCUT2D eigenvalue weighted by Crippen LogP contribution is -2.41. The topological polar surface area (TPSA) is 83.6 Å². The molecule has 9 heteroatoms. The minimum atomic E-state index is -3.81. The van der Waals surface area contributed by atoms with Crippen LogP contribution in [0.5, 0.6) is 0 Å². The van der Waals surface area contributed by atoms with Crippen LogP contribution in [0.2, 0.25) is 5.02 Å². The van der Waals surface area contributed by atoms with Gasteiger partial charge in [-0.25, -0.2) is 12.8 Å². The number of nitrogens with zero attached hydrogens (tertiary/aromatic N) is 1. The van der Waals surface area contributed by atoms with Crippen molar-refractivity contribution in [1.82, 2.24) is 4.31 Å². The molecular weight excluding hydrogens is 419 g/mol. The third-order valence-electron chi connectivity index (χ3n) is 4.89. The fourth-order valence-electron chi connectivity index (χ4n) is 3.20. The van der Waals surface area contributed by atoms with Crippen molar-refractivity contribution in [3.8, 4) is 0 Å². The third-order valence-corrected chi connectivity index (χ3v) is 7.07. The second-order valence-corrected chi connectivity index (χ2v) is 9.23. The normalized spacial score (nSPS) is 15.8. The zero-order valence-corrected chi connectivity index (χ0v) is 17.3. The molecule has 3 rings (SSSR count). The zero-order chi connectivity index (χ0) is 21.2. The van der Waals surface area contributed by atoms with Gasteiger partial charge in [0.2, 0.25) is 15.9 Å². The molecule has 1 aliphatic heterocycles. The van der Waals surface area contributed by atoms with E-state index in [1.807, 2.05) is 0 Å². The fraction of sp³-hybridized carbons (Fsp3) is 0.300. The van der Waals surface area contributed by atoms with Gasteiger partial charge in [-0.3, -0.25) is 9.59 Å². The number of sulfonamides is 1. The highest BCUT2D eigenvalue weighted by Gasteiger charge is 2.32. The van der Waals surface area contributed by atoms with Crippen molar-refractivity contribution in [2.24, 2.45) is 5.92 Å². The van der Waals surface area contributed by atoms with Gasteiger partial charge in [-0.15, -0.1) is 0 Å². The summed E-state index contributed by atoms with van der Waals surface area (Å²) in [5.41, 5.74) is 1.03. The smallest absolute Gasteiger partial charge is 0.243 e. The largest absolute Gasteiger partial charge is 0.326 e. The van der Waals surface area contributed by atoms with Crippen LogP contribution >= 0.6 is 11.6 Å². The molecule has 0 spiro atoms. The van der Waals surface area contributed by atoms with Crippen molar-refractivity contribution in [3.05, 3.63) is 58.9 Å². The molecule has 0 radical (unpaired) electrons. The molecule has 0 bridgehead atoms. The SMILES string of the molecule is CC(=O)c1cccc(NC(=O)C2CCN(S(=O)(=O)c3ccc(F)c(Cl)c3)CC2)c1. The number of benzene rings is 2. The van der Waals surface area contributed by atoms with Gasteiger partial charge >= 0.3 is 0 Å². The molecule has 0 unspecified atom stereocenters. The van der Waals surface area contributed by atoms with Gasteiger partial charge in [0.1, 0.15) is 5.82 Å². The highest BCUT2D eigenvalue weighted by Crippen LogP contribution is 2.27. The molecule has 0 saturated carbocycles. The molecule has 0 aliphatic carbocycles. The Labute approximate surface area is 173 Å². The lowest BCUT2D eigenvalue weighted by atomic mass is 9.97. The van der Waals surface area contributed by atoms with E-state index >= 15 is 0 Å². The Bertz CT molecular complexity index is 1050. The molecule has 6 nitrogen and oxygen atoms in total. The van der Waals surface area contributed by atoms with Crippen LogP contribution < -0.4 is 5.32 Å². The minimum absolute atomic E-state index is 0.0761. The molecule has 1 aliphatic rings. The molecule has 0 atom stereocenters. The first-order valence-electron chi connectivity index (χ1n) is 9.05. The molecule has 1 fully saturated rings. The number of halogens is 2. The van der Waals surface area contributed by atoms with E-state index < -0.39 is 15.8 Å². The summed E-state index contributed by atoms with van der Waals surface area (Å²) in [6, 6.07) is 9.95. The molecule has 154 valence electrons. The number of hydrogen-bond donors (Lipinski definition) is 1. The van der Waals surface area contributed by atoms with Crippen molar-refractivity contribution >= 4 is 39.0 Å². The quantitative estimate of drug-likeness (QED) is 0.721. The number of carbonyl (C=O) groups excluding carboxylic acids is 2. The Morgan fingerprint density at radius 1 is 1.14 bits per heavy atom. The van der Waals surface area contributed by atoms with Crippen LogP contribution in [0, 0.1) is 11.7 Å². The Hall–Kier alpha value is -2.29. The second kappa shape index (κ2) is 8.61. The Kier molecular flexibility index (Phi) is 6.36. The third kappa shape index (κ3) is 4.83. The Morgan fingerprint density at radius 3 is 2.45 bits per heavy atom. The number of carbonyl (C=O) groups is 2. The second-order valence-electron chi connectivity index (χ2n) is 6.88. The summed E-state index contributed by atoms with van der Waals surface area (Å²) in [4.78, 5) is 23.9. The summed E-state index contributed by atoms with van der Waals surface area (Å²) in [6.07, 6.45) is 0.707. The molecule has 0 aromatic heterocycles. The van der Waals surface area contributed by atoms with Gasteiger partial charge in [-0.1, -0.05) is 23.7 Å². The Morgan fingerprint density at radius 2 is 1.83 bits per heavy atom. The van der Waals surface area contributed by atoms with E-state index in [9.17, 15) is 22.4 Å². The highest BCUT2D eigenvalue weighted by atomic mass is 35.5. The van der Waals surface area contributed by atoms with Gasteiger partial charge in [0, 0.05) is 30.3 Å². The van der Waals surface area contributed by atoms with Gasteiger partial charge in [0.25, 0.3) is 0 Å². The van der Waals surface area contributed by atoms with Gasteiger partial charge in [0.15, 0.2) is 5.78 Å². The standard InChI is InChI=1S/C20H20ClFN2O4S/c1-13(25)15-3-2-4-16(11-15)23-20(26)14-7-9-24(10-8-14)29(27,28)17-5-6-19(22)18(21)12-17/h2-6,11-12,14H,7-10H2,1H3,(H,23,26). The molecule has 1 saturated heterocycles. The van der Waals surface area contributed by atoms with Crippen molar-refractivity contribution < 1.29 is 22.4 Å². The van der Waals surface area contributed by atoms with Crippen LogP contribution in [-0.2, 0) is 14.8 Å². The highest BCUT2D eigenvalue weighted by molar-refractivity contribution is 7.89. The number of hydrogen-bond acceptors (Lipinski definition) is 4. The molecule has 2 aromatic carbocycles. The maximum atomic E-state index is 13.3. The number of ketones is 1. The first kappa shape index (κ1) is 21.4. The van der Waals surface area contributed by atoms with Crippen molar-refractivity contribution in [2.75, 3.05) is 18.4 Å². The van der Waals surface area contributed by atoms with E-state index in [4.69, 9.17) is 11.6 Å². The molecule has 29 heavy (non-hydrogen) atoms. The van der Waals surface area contributed by atoms with Crippen LogP contribution in [0.1, 0.15) is 30.1 Å². The number of anilines is 1. The van der Waals surface area contributed by atoms with Crippen LogP contribution in [-0.4, -0.2) is 37.5 Å². The van der Waals surface area contributed by atoms with Crippen molar-refractivity contribution in [2.45, 2.75) is 24.7 Å². The first-order valence-corrected chi connectivity index (χ1v) is 10.9. The van der Waals surface area contributed by atoms with Crippen LogP contribution in [0.15, 0.2) is 47.4 Å². The summed E-state index contributed by atoms with van der Waals surface area (Å²) >= 11 is 5.70. The molecule has 1 amide bonds. The summed E-state index contributed by atoms with van der Waals surface area (Å²) in [7, 11) is -3.81. The van der Waals surface area contributed by atoms with E-state index in [0.29, 0.717) is 24.1 Å². The van der Waals surface area contributed by atoms with Crippen LogP contribution in [0.4, 0.5) is 10.1 Å². The van der Waals surface area contributed by atoms with Crippen LogP contribution in [0.3, 0.4) is 0 Å². The summed E-state index contributed by atoms with van der Waals surface area (Å²) in [6.45, 7) is 1.79. The minimum Gasteiger partial charge on any atom is -0.326 e. The summed E-state index contributed by atoms with van der Waals surface area (Å²) in [5, 5.41) is 2.53. The first-order chi connectivity index (χ1) is 13.7. The van der Waals surface area contributed by atoms with E-state index in [2.05, 4.69) is 5.32 Å². The lowest BCUT2D eigenvalue weighted by Gasteiger charge is -2.30. The number of rotatable bonds is 5. The zero-order valence-electron chi connectivity index (χ0n) is 15.7. The van der Waals surface area contributed by atoms with Crippen molar-refractivity contribution in [1.29, 1.82) is 0 Å². The maximum Gasteiger partial charge on any atom is 0.243 e. The fourth-order valence-corrected chi connectivity index (χ4v) is 4.95. The predicted octanol–water partition coefficient (Wildman–Crippen LogP) is 3.72. The molecule has 1 heterocycles. The number of nitrogens with one attached hydrogen (secondary N) is 1. The molecular formula is C20H20ClFN2O4S. The number of piperidine rings is 1. The van der Waals surface area contributed by atoms with Gasteiger partial charge in [-0.2, -0.15) is 4.31 Å². The summed E-state index contributed by atoms with van der Waals surface area (Å²) in [5.74, 6) is -1.35. The Balaban J connectivity index is 1.63. The van der Waals surface area contributed by atoms with E-state index in [0.717, 1.165) is 12.1 Å². The lowest BCUT2D eigenvalue weighted by molar-refractivity contribution is -0.120. The average molecular weight is 439 g/mol. The maximum absolute atomic E-state index is 13.3. The van der Waals surface area contributed by atoms with Crippen molar-refractivity contribution in [3.63, 3.8) is 0 Å². The predicted molar refractivity (Wildman–Crippen MR) is 108 cm³/mol. The summed E-state index contributed by atoms with van der Waals surface area (Å²) < 4.78 is 40.1.